The van der Waals surface area contributed by atoms with Gasteiger partial charge in [0.2, 0.25) is 0 Å². The summed E-state index contributed by atoms with van der Waals surface area (Å²) in [5.74, 6) is 0.0401. The van der Waals surface area contributed by atoms with E-state index in [4.69, 9.17) is 11.6 Å². The van der Waals surface area contributed by atoms with Crippen LogP contribution in [-0.2, 0) is 6.18 Å². The highest BCUT2D eigenvalue weighted by Gasteiger charge is 2.45. The van der Waals surface area contributed by atoms with Crippen LogP contribution >= 0.6 is 11.6 Å². The second-order valence-corrected chi connectivity index (χ2v) is 11.3. The SMILES string of the molecule is O=C(Nc1ccc(Cl)c(C(F)(F)F)c1)N1CCC(C(O)CN2CCC3(CC2)CNC2=CCC(F)C=C23)CC1. The number of β-amino-alcohol motifs (C(OH)–C–C–N with tert-alkyl or cyclic N) is 1. The fourth-order valence-corrected chi connectivity index (χ4v) is 6.43. The molecule has 1 aromatic carbocycles. The number of allylic oxidation sites excluding steroid dienone is 3. The number of anilines is 1. The normalized spacial score (nSPS) is 24.9. The lowest BCUT2D eigenvalue weighted by Crippen LogP contribution is -2.48. The van der Waals surface area contributed by atoms with Gasteiger partial charge in [-0.3, -0.25) is 0 Å². The van der Waals surface area contributed by atoms with Crippen LogP contribution in [0, 0.1) is 11.3 Å². The molecule has 0 aromatic heterocycles. The summed E-state index contributed by atoms with van der Waals surface area (Å²) in [7, 11) is 0. The van der Waals surface area contributed by atoms with Gasteiger partial charge in [-0.1, -0.05) is 17.7 Å². The quantitative estimate of drug-likeness (QED) is 0.446. The summed E-state index contributed by atoms with van der Waals surface area (Å²) in [6.07, 6.45) is 1.19. The maximum absolute atomic E-state index is 14.0. The predicted octanol–water partition coefficient (Wildman–Crippen LogP) is 5.20. The van der Waals surface area contributed by atoms with Gasteiger partial charge in [0.1, 0.15) is 6.17 Å². The standard InChI is InChI=1S/C27H33ClF4N4O2/c28-22-3-2-19(14-20(22)27(30,31)32)34-25(38)36-9-5-17(6-10-36)24(37)15-35-11-7-26(8-12-35)16-33-23-4-1-18(29)13-21(23)26/h2-4,13-14,17-18,24,33,37H,1,5-12,15-16H2,(H,34,38). The molecule has 1 aliphatic carbocycles. The molecule has 6 nitrogen and oxygen atoms in total. The van der Waals surface area contributed by atoms with Crippen molar-refractivity contribution in [1.29, 1.82) is 0 Å². The zero-order valence-corrected chi connectivity index (χ0v) is 21.8. The summed E-state index contributed by atoms with van der Waals surface area (Å²) in [5.41, 5.74) is 1.21. The topological polar surface area (TPSA) is 67.8 Å². The minimum absolute atomic E-state index is 0.0261. The molecular formula is C27H33ClF4N4O2. The first-order valence-electron chi connectivity index (χ1n) is 13.2. The van der Waals surface area contributed by atoms with E-state index in [9.17, 15) is 27.5 Å². The number of aliphatic hydroxyl groups excluding tert-OH is 1. The number of hydrogen-bond acceptors (Lipinski definition) is 4. The molecule has 5 rings (SSSR count). The summed E-state index contributed by atoms with van der Waals surface area (Å²) in [5, 5.41) is 16.5. The molecule has 0 bridgehead atoms. The molecule has 0 radical (unpaired) electrons. The fourth-order valence-electron chi connectivity index (χ4n) is 6.20. The predicted molar refractivity (Wildman–Crippen MR) is 138 cm³/mol. The number of nitrogens with zero attached hydrogens (tertiary/aromatic N) is 2. The molecule has 1 spiro atoms. The molecule has 3 saturated heterocycles. The van der Waals surface area contributed by atoms with Crippen LogP contribution in [0.4, 0.5) is 28.0 Å². The van der Waals surface area contributed by atoms with Gasteiger partial charge in [0.15, 0.2) is 0 Å². The van der Waals surface area contributed by atoms with E-state index >= 15 is 0 Å². The van der Waals surface area contributed by atoms with Crippen molar-refractivity contribution in [2.24, 2.45) is 11.3 Å². The Bertz CT molecular complexity index is 1110. The van der Waals surface area contributed by atoms with Crippen LogP contribution in [0.1, 0.15) is 37.7 Å². The number of carbonyl (C=O) groups is 1. The summed E-state index contributed by atoms with van der Waals surface area (Å²) < 4.78 is 53.3. The van der Waals surface area contributed by atoms with Crippen molar-refractivity contribution >= 4 is 23.3 Å². The second-order valence-electron chi connectivity index (χ2n) is 10.9. The Labute approximate surface area is 224 Å². The molecule has 2 unspecified atom stereocenters. The first kappa shape index (κ1) is 27.3. The molecule has 3 heterocycles. The first-order chi connectivity index (χ1) is 18.0. The van der Waals surface area contributed by atoms with Crippen LogP contribution in [-0.4, -0.2) is 72.5 Å². The van der Waals surface area contributed by atoms with E-state index in [0.29, 0.717) is 38.9 Å². The lowest BCUT2D eigenvalue weighted by molar-refractivity contribution is -0.137. The highest BCUT2D eigenvalue weighted by atomic mass is 35.5. The molecule has 2 atom stereocenters. The van der Waals surface area contributed by atoms with Crippen molar-refractivity contribution < 1.29 is 27.5 Å². The molecule has 0 saturated carbocycles. The molecule has 38 heavy (non-hydrogen) atoms. The lowest BCUT2D eigenvalue weighted by atomic mass is 9.72. The third-order valence-corrected chi connectivity index (χ3v) is 8.86. The van der Waals surface area contributed by atoms with Crippen molar-refractivity contribution in [3.63, 3.8) is 0 Å². The average Bonchev–Trinajstić information content (AvgIpc) is 3.23. The van der Waals surface area contributed by atoms with Gasteiger partial charge < -0.3 is 25.5 Å². The number of halogens is 5. The maximum atomic E-state index is 14.0. The van der Waals surface area contributed by atoms with Crippen LogP contribution < -0.4 is 10.6 Å². The van der Waals surface area contributed by atoms with Gasteiger partial charge >= 0.3 is 12.2 Å². The average molecular weight is 557 g/mol. The first-order valence-corrected chi connectivity index (χ1v) is 13.6. The molecule has 3 N–H and O–H groups in total. The number of nitrogens with one attached hydrogen (secondary N) is 2. The minimum atomic E-state index is -4.61. The van der Waals surface area contributed by atoms with Crippen molar-refractivity contribution in [1.82, 2.24) is 15.1 Å². The third-order valence-electron chi connectivity index (χ3n) is 8.53. The monoisotopic (exact) mass is 556 g/mol. The number of aliphatic hydroxyl groups is 1. The Morgan fingerprint density at radius 3 is 2.61 bits per heavy atom. The van der Waals surface area contributed by atoms with Crippen molar-refractivity contribution in [3.8, 4) is 0 Å². The Morgan fingerprint density at radius 2 is 1.92 bits per heavy atom. The van der Waals surface area contributed by atoms with E-state index in [1.807, 2.05) is 6.08 Å². The number of alkyl halides is 4. The number of likely N-dealkylation sites (tertiary alicyclic amines) is 2. The number of urea groups is 1. The number of piperidine rings is 2. The zero-order chi connectivity index (χ0) is 27.1. The number of carbonyl (C=O) groups excluding carboxylic acids is 1. The van der Waals surface area contributed by atoms with E-state index in [1.165, 1.54) is 6.07 Å². The highest BCUT2D eigenvalue weighted by Crippen LogP contribution is 2.47. The molecular weight excluding hydrogens is 524 g/mol. The van der Waals surface area contributed by atoms with Gasteiger partial charge in [-0.25, -0.2) is 9.18 Å². The maximum Gasteiger partial charge on any atom is 0.417 e. The minimum Gasteiger partial charge on any atom is -0.392 e. The molecule has 2 amide bonds. The van der Waals surface area contributed by atoms with Crippen LogP contribution in [0.5, 0.6) is 0 Å². The number of amides is 2. The Kier molecular flexibility index (Phi) is 7.68. The second kappa shape index (κ2) is 10.7. The Balaban J connectivity index is 1.08. The smallest absolute Gasteiger partial charge is 0.392 e. The van der Waals surface area contributed by atoms with Gasteiger partial charge in [0.05, 0.1) is 16.7 Å². The molecule has 11 heteroatoms. The Morgan fingerprint density at radius 1 is 1.21 bits per heavy atom. The van der Waals surface area contributed by atoms with E-state index in [0.717, 1.165) is 55.9 Å². The van der Waals surface area contributed by atoms with Crippen molar-refractivity contribution in [2.45, 2.75) is 50.6 Å². The number of hydrogen-bond donors (Lipinski definition) is 3. The number of fused-ring (bicyclic) bond motifs is 2. The zero-order valence-electron chi connectivity index (χ0n) is 21.0. The molecule has 208 valence electrons. The van der Waals surface area contributed by atoms with Crippen molar-refractivity contribution in [3.05, 3.63) is 52.2 Å². The van der Waals surface area contributed by atoms with Crippen LogP contribution in [0.25, 0.3) is 0 Å². The van der Waals surface area contributed by atoms with Gasteiger partial charge in [-0.05, 0) is 74.5 Å². The fraction of sp³-hybridized carbons (Fsp3) is 0.593. The number of rotatable bonds is 4. The molecule has 1 aromatic rings. The van der Waals surface area contributed by atoms with Crippen LogP contribution in [0.15, 0.2) is 41.6 Å². The molecule has 4 aliphatic rings. The van der Waals surface area contributed by atoms with Crippen LogP contribution in [0.2, 0.25) is 5.02 Å². The van der Waals surface area contributed by atoms with Gasteiger partial charge in [-0.15, -0.1) is 0 Å². The summed E-state index contributed by atoms with van der Waals surface area (Å²) >= 11 is 5.65. The van der Waals surface area contributed by atoms with E-state index in [-0.39, 0.29) is 17.0 Å². The largest absolute Gasteiger partial charge is 0.417 e. The lowest BCUT2D eigenvalue weighted by Gasteiger charge is -2.42. The summed E-state index contributed by atoms with van der Waals surface area (Å²) in [6.45, 7) is 3.89. The van der Waals surface area contributed by atoms with E-state index < -0.39 is 35.1 Å². The highest BCUT2D eigenvalue weighted by molar-refractivity contribution is 6.31. The molecule has 3 aliphatic heterocycles. The van der Waals surface area contributed by atoms with Gasteiger partial charge in [0, 0.05) is 49.4 Å². The number of benzene rings is 1. The Hall–Kier alpha value is -2.30. The van der Waals surface area contributed by atoms with Crippen molar-refractivity contribution in [2.75, 3.05) is 44.6 Å². The third kappa shape index (κ3) is 5.67. The van der Waals surface area contributed by atoms with E-state index in [2.05, 4.69) is 15.5 Å². The molecule has 3 fully saturated rings. The van der Waals surface area contributed by atoms with Gasteiger partial charge in [0.25, 0.3) is 0 Å². The van der Waals surface area contributed by atoms with E-state index in [1.54, 1.807) is 11.0 Å². The summed E-state index contributed by atoms with van der Waals surface area (Å²) in [6, 6.07) is 2.82. The summed E-state index contributed by atoms with van der Waals surface area (Å²) in [4.78, 5) is 16.5. The van der Waals surface area contributed by atoms with Gasteiger partial charge in [-0.2, -0.15) is 13.2 Å². The van der Waals surface area contributed by atoms with Crippen LogP contribution in [0.3, 0.4) is 0 Å².